The highest BCUT2D eigenvalue weighted by atomic mass is 79.9. The SMILES string of the molecule is COc1cc(Br)c(O)c([C@@H](C2CCC2)N2CCNCC2)c1. The van der Waals surface area contributed by atoms with E-state index in [1.165, 1.54) is 19.3 Å². The first-order valence-electron chi connectivity index (χ1n) is 7.72. The van der Waals surface area contributed by atoms with Gasteiger partial charge in [-0.2, -0.15) is 0 Å². The minimum Gasteiger partial charge on any atom is -0.506 e. The van der Waals surface area contributed by atoms with Gasteiger partial charge in [0.1, 0.15) is 11.5 Å². The molecule has 2 fully saturated rings. The van der Waals surface area contributed by atoms with Crippen molar-refractivity contribution in [2.45, 2.75) is 25.3 Å². The van der Waals surface area contributed by atoms with Crippen molar-refractivity contribution >= 4 is 15.9 Å². The van der Waals surface area contributed by atoms with E-state index < -0.39 is 0 Å². The molecule has 0 aromatic heterocycles. The second-order valence-electron chi connectivity index (χ2n) is 5.97. The molecular weight excluding hydrogens is 332 g/mol. The van der Waals surface area contributed by atoms with Crippen LogP contribution in [0.25, 0.3) is 0 Å². The van der Waals surface area contributed by atoms with E-state index in [9.17, 15) is 5.11 Å². The van der Waals surface area contributed by atoms with E-state index in [2.05, 4.69) is 26.1 Å². The van der Waals surface area contributed by atoms with Gasteiger partial charge in [-0.05, 0) is 46.8 Å². The number of hydrogen-bond acceptors (Lipinski definition) is 4. The number of methoxy groups -OCH3 is 1. The van der Waals surface area contributed by atoms with E-state index >= 15 is 0 Å². The molecule has 4 nitrogen and oxygen atoms in total. The van der Waals surface area contributed by atoms with E-state index in [1.807, 2.05) is 12.1 Å². The van der Waals surface area contributed by atoms with Crippen LogP contribution in [0.5, 0.6) is 11.5 Å². The highest BCUT2D eigenvalue weighted by Gasteiger charge is 2.35. The fourth-order valence-electron chi connectivity index (χ4n) is 3.40. The Hall–Kier alpha value is -0.780. The molecule has 1 saturated carbocycles. The van der Waals surface area contributed by atoms with Crippen LogP contribution < -0.4 is 10.1 Å². The number of ether oxygens (including phenoxy) is 1. The third kappa shape index (κ3) is 3.05. The number of aromatic hydroxyl groups is 1. The van der Waals surface area contributed by atoms with Gasteiger partial charge in [0.25, 0.3) is 0 Å². The molecule has 1 aromatic rings. The molecular formula is C16H23BrN2O2. The largest absolute Gasteiger partial charge is 0.506 e. The van der Waals surface area contributed by atoms with Gasteiger partial charge in [-0.3, -0.25) is 4.90 Å². The first-order chi connectivity index (χ1) is 10.2. The van der Waals surface area contributed by atoms with Crippen molar-refractivity contribution in [1.82, 2.24) is 10.2 Å². The normalized spacial score (nSPS) is 21.8. The second-order valence-corrected chi connectivity index (χ2v) is 6.82. The van der Waals surface area contributed by atoms with Gasteiger partial charge in [-0.1, -0.05) is 6.42 Å². The Morgan fingerprint density at radius 2 is 2.05 bits per heavy atom. The van der Waals surface area contributed by atoms with E-state index in [1.54, 1.807) is 7.11 Å². The Morgan fingerprint density at radius 1 is 1.33 bits per heavy atom. The average Bonchev–Trinajstić information content (AvgIpc) is 2.46. The minimum absolute atomic E-state index is 0.298. The molecule has 2 N–H and O–H groups in total. The van der Waals surface area contributed by atoms with Crippen LogP contribution in [0.15, 0.2) is 16.6 Å². The molecule has 1 aromatic carbocycles. The monoisotopic (exact) mass is 354 g/mol. The lowest BCUT2D eigenvalue weighted by molar-refractivity contribution is 0.0817. The molecule has 0 spiro atoms. The lowest BCUT2D eigenvalue weighted by Gasteiger charge is -2.43. The summed E-state index contributed by atoms with van der Waals surface area (Å²) < 4.78 is 6.11. The van der Waals surface area contributed by atoms with E-state index in [0.717, 1.165) is 42.0 Å². The molecule has 1 atom stereocenters. The van der Waals surface area contributed by atoms with Crippen LogP contribution in [0, 0.1) is 5.92 Å². The molecule has 0 unspecified atom stereocenters. The predicted octanol–water partition coefficient (Wildman–Crippen LogP) is 2.91. The lowest BCUT2D eigenvalue weighted by Crippen LogP contribution is -2.47. The van der Waals surface area contributed by atoms with Crippen LogP contribution in [0.1, 0.15) is 30.9 Å². The zero-order valence-electron chi connectivity index (χ0n) is 12.4. The summed E-state index contributed by atoms with van der Waals surface area (Å²) in [7, 11) is 1.67. The predicted molar refractivity (Wildman–Crippen MR) is 86.9 cm³/mol. The Kier molecular flexibility index (Phi) is 4.72. The Balaban J connectivity index is 1.96. The van der Waals surface area contributed by atoms with Crippen molar-refractivity contribution < 1.29 is 9.84 Å². The quantitative estimate of drug-likeness (QED) is 0.872. The average molecular weight is 355 g/mol. The molecule has 116 valence electrons. The molecule has 1 saturated heterocycles. The van der Waals surface area contributed by atoms with Crippen molar-refractivity contribution in [3.05, 3.63) is 22.2 Å². The van der Waals surface area contributed by atoms with Gasteiger partial charge in [0, 0.05) is 37.8 Å². The van der Waals surface area contributed by atoms with Crippen LogP contribution >= 0.6 is 15.9 Å². The number of piperazine rings is 1. The standard InChI is InChI=1S/C16H23BrN2O2/c1-21-12-9-13(16(20)14(17)10-12)15(11-3-2-4-11)19-7-5-18-6-8-19/h9-11,15,18,20H,2-8H2,1H3/t15-/m1/s1. The molecule has 2 aliphatic rings. The van der Waals surface area contributed by atoms with Crippen LogP contribution in [0.2, 0.25) is 0 Å². The number of nitrogens with zero attached hydrogens (tertiary/aromatic N) is 1. The highest BCUT2D eigenvalue weighted by Crippen LogP contribution is 2.46. The second kappa shape index (κ2) is 6.55. The molecule has 1 aliphatic heterocycles. The van der Waals surface area contributed by atoms with Gasteiger partial charge in [0.2, 0.25) is 0 Å². The summed E-state index contributed by atoms with van der Waals surface area (Å²) in [5.74, 6) is 1.81. The van der Waals surface area contributed by atoms with Gasteiger partial charge < -0.3 is 15.2 Å². The number of benzene rings is 1. The van der Waals surface area contributed by atoms with Gasteiger partial charge in [0.05, 0.1) is 11.6 Å². The molecule has 0 radical (unpaired) electrons. The summed E-state index contributed by atoms with van der Waals surface area (Å²) in [4.78, 5) is 2.52. The van der Waals surface area contributed by atoms with Crippen LogP contribution in [-0.4, -0.2) is 43.3 Å². The maximum absolute atomic E-state index is 10.5. The van der Waals surface area contributed by atoms with Crippen molar-refractivity contribution in [1.29, 1.82) is 0 Å². The smallest absolute Gasteiger partial charge is 0.134 e. The number of halogens is 1. The lowest BCUT2D eigenvalue weighted by atomic mass is 9.76. The number of phenolic OH excluding ortho intramolecular Hbond substituents is 1. The fourth-order valence-corrected chi connectivity index (χ4v) is 3.86. The number of nitrogens with one attached hydrogen (secondary N) is 1. The first kappa shape index (κ1) is 15.1. The Morgan fingerprint density at radius 3 is 2.62 bits per heavy atom. The molecule has 5 heteroatoms. The molecule has 3 rings (SSSR count). The highest BCUT2D eigenvalue weighted by molar-refractivity contribution is 9.10. The van der Waals surface area contributed by atoms with Crippen LogP contribution in [-0.2, 0) is 0 Å². The summed E-state index contributed by atoms with van der Waals surface area (Å²) in [6.07, 6.45) is 3.81. The molecule has 0 bridgehead atoms. The summed E-state index contributed by atoms with van der Waals surface area (Å²) in [6, 6.07) is 4.13. The van der Waals surface area contributed by atoms with Gasteiger partial charge in [-0.25, -0.2) is 0 Å². The summed E-state index contributed by atoms with van der Waals surface area (Å²) in [5, 5.41) is 13.9. The van der Waals surface area contributed by atoms with Crippen molar-refractivity contribution in [3.63, 3.8) is 0 Å². The number of hydrogen-bond donors (Lipinski definition) is 2. The Labute approximate surface area is 134 Å². The maximum Gasteiger partial charge on any atom is 0.134 e. The van der Waals surface area contributed by atoms with Gasteiger partial charge in [0.15, 0.2) is 0 Å². The number of phenols is 1. The first-order valence-corrected chi connectivity index (χ1v) is 8.51. The Bertz CT molecular complexity index is 499. The van der Waals surface area contributed by atoms with Crippen molar-refractivity contribution in [3.8, 4) is 11.5 Å². The zero-order chi connectivity index (χ0) is 14.8. The van der Waals surface area contributed by atoms with Gasteiger partial charge >= 0.3 is 0 Å². The maximum atomic E-state index is 10.5. The van der Waals surface area contributed by atoms with Gasteiger partial charge in [-0.15, -0.1) is 0 Å². The summed E-state index contributed by atoms with van der Waals surface area (Å²) >= 11 is 3.46. The summed E-state index contributed by atoms with van der Waals surface area (Å²) in [6.45, 7) is 4.12. The molecule has 1 aliphatic carbocycles. The molecule has 1 heterocycles. The van der Waals surface area contributed by atoms with Crippen molar-refractivity contribution in [2.75, 3.05) is 33.3 Å². The van der Waals surface area contributed by atoms with Crippen LogP contribution in [0.4, 0.5) is 0 Å². The number of rotatable bonds is 4. The third-order valence-electron chi connectivity index (χ3n) is 4.76. The minimum atomic E-state index is 0.298. The summed E-state index contributed by atoms with van der Waals surface area (Å²) in [5.41, 5.74) is 1.01. The van der Waals surface area contributed by atoms with E-state index in [4.69, 9.17) is 4.74 Å². The van der Waals surface area contributed by atoms with E-state index in [-0.39, 0.29) is 0 Å². The van der Waals surface area contributed by atoms with Crippen molar-refractivity contribution in [2.24, 2.45) is 5.92 Å². The molecule has 0 amide bonds. The van der Waals surface area contributed by atoms with E-state index in [0.29, 0.717) is 17.7 Å². The topological polar surface area (TPSA) is 44.7 Å². The third-order valence-corrected chi connectivity index (χ3v) is 5.37. The fraction of sp³-hybridized carbons (Fsp3) is 0.625. The van der Waals surface area contributed by atoms with Crippen LogP contribution in [0.3, 0.4) is 0 Å². The molecule has 21 heavy (non-hydrogen) atoms. The zero-order valence-corrected chi connectivity index (χ0v) is 14.0.